The maximum absolute atomic E-state index is 12.5. The monoisotopic (exact) mass is 266 g/mol. The fraction of sp³-hybridized carbons (Fsp3) is 0.600. The molecule has 1 aromatic heterocycles. The van der Waals surface area contributed by atoms with Crippen molar-refractivity contribution in [2.45, 2.75) is 26.4 Å². The minimum Gasteiger partial charge on any atom is -0.351 e. The first-order valence-corrected chi connectivity index (χ1v) is 5.99. The highest BCUT2D eigenvalue weighted by Gasteiger charge is 2.38. The van der Waals surface area contributed by atoms with E-state index in [0.29, 0.717) is 23.8 Å². The third-order valence-electron chi connectivity index (χ3n) is 2.05. The Morgan fingerprint density at radius 1 is 1.53 bits per heavy atom. The van der Waals surface area contributed by atoms with Crippen molar-refractivity contribution in [3.63, 3.8) is 0 Å². The quantitative estimate of drug-likeness (QED) is 0.910. The Hall–Kier alpha value is -1.11. The summed E-state index contributed by atoms with van der Waals surface area (Å²) >= 11 is 0.700. The molecule has 0 aliphatic rings. The fourth-order valence-electron chi connectivity index (χ4n) is 1.16. The molecule has 0 aliphatic heterocycles. The molecular formula is C10H13F3N2OS. The van der Waals surface area contributed by atoms with Gasteiger partial charge in [-0.3, -0.25) is 4.79 Å². The second-order valence-electron chi connectivity index (χ2n) is 3.97. The number of carbonyl (C=O) groups is 1. The van der Waals surface area contributed by atoms with Crippen LogP contribution < -0.4 is 5.32 Å². The van der Waals surface area contributed by atoms with Crippen molar-refractivity contribution >= 4 is 17.2 Å². The molecule has 7 heteroatoms. The normalized spacial score (nSPS) is 11.9. The Labute approximate surface area is 101 Å². The number of carbonyl (C=O) groups excluding carboxylic acids is 1. The third kappa shape index (κ3) is 3.99. The van der Waals surface area contributed by atoms with Crippen molar-refractivity contribution in [3.8, 4) is 0 Å². The van der Waals surface area contributed by atoms with Crippen LogP contribution in [0.2, 0.25) is 0 Å². The first-order chi connectivity index (χ1) is 7.82. The molecule has 0 atom stereocenters. The van der Waals surface area contributed by atoms with Crippen LogP contribution in [0.1, 0.15) is 35.6 Å². The lowest BCUT2D eigenvalue weighted by atomic mass is 10.1. The molecule has 0 aliphatic carbocycles. The molecule has 3 nitrogen and oxygen atoms in total. The van der Waals surface area contributed by atoms with Gasteiger partial charge in [0.05, 0.1) is 5.51 Å². The predicted molar refractivity (Wildman–Crippen MR) is 58.9 cm³/mol. The molecular weight excluding hydrogens is 253 g/mol. The lowest BCUT2D eigenvalue weighted by Crippen LogP contribution is -2.26. The van der Waals surface area contributed by atoms with E-state index in [-0.39, 0.29) is 4.88 Å². The van der Waals surface area contributed by atoms with Gasteiger partial charge < -0.3 is 5.32 Å². The Bertz CT molecular complexity index is 387. The minimum absolute atomic E-state index is 0.367. The summed E-state index contributed by atoms with van der Waals surface area (Å²) in [5.74, 6) is -0.320. The van der Waals surface area contributed by atoms with E-state index < -0.39 is 17.8 Å². The first-order valence-electron chi connectivity index (χ1n) is 5.11. The van der Waals surface area contributed by atoms with Gasteiger partial charge in [0.15, 0.2) is 5.69 Å². The zero-order chi connectivity index (χ0) is 13.1. The number of alkyl halides is 3. The lowest BCUT2D eigenvalue weighted by Gasteiger charge is -2.08. The maximum atomic E-state index is 12.5. The standard InChI is InChI=1S/C10H13F3N2OS/c1-6(2)3-4-14-9(16)7-8(10(11,12)13)15-5-17-7/h5-6H,3-4H2,1-2H3,(H,14,16). The van der Waals surface area contributed by atoms with E-state index in [1.807, 2.05) is 13.8 Å². The van der Waals surface area contributed by atoms with Crippen LogP contribution in [0, 0.1) is 5.92 Å². The second-order valence-corrected chi connectivity index (χ2v) is 4.82. The number of aromatic nitrogens is 1. The SMILES string of the molecule is CC(C)CCNC(=O)c1scnc1C(F)(F)F. The van der Waals surface area contributed by atoms with E-state index in [2.05, 4.69) is 10.3 Å². The molecule has 0 saturated heterocycles. The minimum atomic E-state index is -4.58. The summed E-state index contributed by atoms with van der Waals surface area (Å²) in [5, 5.41) is 2.46. The number of rotatable bonds is 4. The Kier molecular flexibility index (Phi) is 4.50. The number of hydrogen-bond acceptors (Lipinski definition) is 3. The summed E-state index contributed by atoms with van der Waals surface area (Å²) in [7, 11) is 0. The summed E-state index contributed by atoms with van der Waals surface area (Å²) < 4.78 is 37.4. The molecule has 1 aromatic rings. The van der Waals surface area contributed by atoms with Gasteiger partial charge in [-0.25, -0.2) is 4.98 Å². The van der Waals surface area contributed by atoms with E-state index >= 15 is 0 Å². The van der Waals surface area contributed by atoms with Crippen molar-refractivity contribution in [2.24, 2.45) is 5.92 Å². The van der Waals surface area contributed by atoms with Crippen molar-refractivity contribution < 1.29 is 18.0 Å². The number of nitrogens with zero attached hydrogens (tertiary/aromatic N) is 1. The Morgan fingerprint density at radius 3 is 2.71 bits per heavy atom. The highest BCUT2D eigenvalue weighted by Crippen LogP contribution is 2.32. The molecule has 1 N–H and O–H groups in total. The molecule has 1 rings (SSSR count). The lowest BCUT2D eigenvalue weighted by molar-refractivity contribution is -0.141. The van der Waals surface area contributed by atoms with Gasteiger partial charge in [-0.2, -0.15) is 13.2 Å². The molecule has 0 fully saturated rings. The predicted octanol–water partition coefficient (Wildman–Crippen LogP) is 2.94. The number of hydrogen-bond donors (Lipinski definition) is 1. The number of amides is 1. The van der Waals surface area contributed by atoms with E-state index in [1.165, 1.54) is 0 Å². The maximum Gasteiger partial charge on any atom is 0.434 e. The topological polar surface area (TPSA) is 42.0 Å². The van der Waals surface area contributed by atoms with Gasteiger partial charge in [0.25, 0.3) is 5.91 Å². The molecule has 0 aromatic carbocycles. The van der Waals surface area contributed by atoms with E-state index in [4.69, 9.17) is 0 Å². The molecule has 96 valence electrons. The Balaban J connectivity index is 2.67. The highest BCUT2D eigenvalue weighted by molar-refractivity contribution is 7.11. The van der Waals surface area contributed by atoms with Crippen LogP contribution in [0.4, 0.5) is 13.2 Å². The van der Waals surface area contributed by atoms with Gasteiger partial charge in [0, 0.05) is 6.54 Å². The van der Waals surface area contributed by atoms with Gasteiger partial charge in [-0.15, -0.1) is 11.3 Å². The molecule has 0 radical (unpaired) electrons. The summed E-state index contributed by atoms with van der Waals surface area (Å²) in [6, 6.07) is 0. The van der Waals surface area contributed by atoms with Crippen LogP contribution in [0.15, 0.2) is 5.51 Å². The van der Waals surface area contributed by atoms with Gasteiger partial charge in [0.2, 0.25) is 0 Å². The summed E-state index contributed by atoms with van der Waals surface area (Å²) in [6.07, 6.45) is -3.85. The van der Waals surface area contributed by atoms with Crippen LogP contribution in [-0.4, -0.2) is 17.4 Å². The molecule has 0 saturated carbocycles. The van der Waals surface area contributed by atoms with E-state index in [1.54, 1.807) is 0 Å². The van der Waals surface area contributed by atoms with Crippen LogP contribution in [0.5, 0.6) is 0 Å². The second kappa shape index (κ2) is 5.48. The number of nitrogens with one attached hydrogen (secondary N) is 1. The van der Waals surface area contributed by atoms with Crippen molar-refractivity contribution in [1.82, 2.24) is 10.3 Å². The van der Waals surface area contributed by atoms with Gasteiger partial charge in [0.1, 0.15) is 4.88 Å². The molecule has 0 unspecified atom stereocenters. The summed E-state index contributed by atoms with van der Waals surface area (Å²) in [5.41, 5.74) is -0.0789. The van der Waals surface area contributed by atoms with E-state index in [0.717, 1.165) is 11.9 Å². The number of halogens is 3. The average molecular weight is 266 g/mol. The summed E-state index contributed by atoms with van der Waals surface area (Å²) in [6.45, 7) is 4.31. The van der Waals surface area contributed by atoms with Crippen LogP contribution >= 0.6 is 11.3 Å². The first kappa shape index (κ1) is 14.0. The molecule has 0 spiro atoms. The third-order valence-corrected chi connectivity index (χ3v) is 2.87. The van der Waals surface area contributed by atoms with Gasteiger partial charge >= 0.3 is 6.18 Å². The fourth-order valence-corrected chi connectivity index (χ4v) is 1.89. The molecule has 17 heavy (non-hydrogen) atoms. The molecule has 0 bridgehead atoms. The zero-order valence-corrected chi connectivity index (χ0v) is 10.3. The van der Waals surface area contributed by atoms with Crippen molar-refractivity contribution in [1.29, 1.82) is 0 Å². The number of thiazole rings is 1. The Morgan fingerprint density at radius 2 is 2.18 bits per heavy atom. The van der Waals surface area contributed by atoms with Crippen molar-refractivity contribution in [2.75, 3.05) is 6.54 Å². The van der Waals surface area contributed by atoms with Crippen molar-refractivity contribution in [3.05, 3.63) is 16.1 Å². The zero-order valence-electron chi connectivity index (χ0n) is 9.47. The molecule has 1 amide bonds. The van der Waals surface area contributed by atoms with Crippen LogP contribution in [-0.2, 0) is 6.18 Å². The summed E-state index contributed by atoms with van der Waals surface area (Å²) in [4.78, 5) is 14.3. The smallest absolute Gasteiger partial charge is 0.351 e. The van der Waals surface area contributed by atoms with E-state index in [9.17, 15) is 18.0 Å². The highest BCUT2D eigenvalue weighted by atomic mass is 32.1. The molecule has 1 heterocycles. The largest absolute Gasteiger partial charge is 0.434 e. The van der Waals surface area contributed by atoms with Crippen LogP contribution in [0.25, 0.3) is 0 Å². The van der Waals surface area contributed by atoms with Crippen LogP contribution in [0.3, 0.4) is 0 Å². The average Bonchev–Trinajstić information content (AvgIpc) is 2.64. The van der Waals surface area contributed by atoms with Gasteiger partial charge in [-0.1, -0.05) is 13.8 Å². The van der Waals surface area contributed by atoms with Gasteiger partial charge in [-0.05, 0) is 12.3 Å².